The van der Waals surface area contributed by atoms with E-state index >= 15 is 0 Å². The summed E-state index contributed by atoms with van der Waals surface area (Å²) in [5, 5.41) is 1.08. The number of aryl methyl sites for hydroxylation is 1. The second-order valence-corrected chi connectivity index (χ2v) is 6.29. The van der Waals surface area contributed by atoms with Crippen LogP contribution in [0.1, 0.15) is 11.4 Å². The van der Waals surface area contributed by atoms with Crippen molar-refractivity contribution in [3.05, 3.63) is 66.1 Å². The van der Waals surface area contributed by atoms with Gasteiger partial charge in [0.25, 0.3) is 0 Å². The molecule has 1 aromatic carbocycles. The van der Waals surface area contributed by atoms with Gasteiger partial charge in [-0.2, -0.15) is 0 Å². The number of aliphatic imine (C=N–C) groups is 1. The minimum Gasteiger partial charge on any atom is -0.257 e. The van der Waals surface area contributed by atoms with Crippen LogP contribution in [0.2, 0.25) is 0 Å². The molecule has 4 aromatic rings. The summed E-state index contributed by atoms with van der Waals surface area (Å²) in [6.45, 7) is 1.97. The summed E-state index contributed by atoms with van der Waals surface area (Å²) < 4.78 is 0. The van der Waals surface area contributed by atoms with Crippen LogP contribution in [0.3, 0.4) is 0 Å². The molecule has 26 heavy (non-hydrogen) atoms. The molecule has 0 saturated heterocycles. The molecule has 0 atom stereocenters. The van der Waals surface area contributed by atoms with Gasteiger partial charge in [0.05, 0.1) is 11.2 Å². The zero-order valence-corrected chi connectivity index (χ0v) is 14.2. The summed E-state index contributed by atoms with van der Waals surface area (Å²) in [5.74, 6) is 0.626. The van der Waals surface area contributed by atoms with E-state index in [0.29, 0.717) is 12.2 Å². The quantitative estimate of drug-likeness (QED) is 0.546. The molecular formula is C21H15N5. The van der Waals surface area contributed by atoms with E-state index in [-0.39, 0.29) is 0 Å². The predicted octanol–water partition coefficient (Wildman–Crippen LogP) is 4.32. The lowest BCUT2D eigenvalue weighted by Gasteiger charge is -2.10. The molecule has 4 heterocycles. The van der Waals surface area contributed by atoms with Crippen LogP contribution >= 0.6 is 0 Å². The largest absolute Gasteiger partial charge is 0.257 e. The second-order valence-electron chi connectivity index (χ2n) is 6.29. The van der Waals surface area contributed by atoms with E-state index in [1.165, 1.54) is 0 Å². The van der Waals surface area contributed by atoms with Crippen molar-refractivity contribution in [1.82, 2.24) is 19.9 Å². The molecule has 0 spiro atoms. The van der Waals surface area contributed by atoms with Crippen LogP contribution in [0.4, 0.5) is 5.69 Å². The number of pyridine rings is 2. The van der Waals surface area contributed by atoms with Crippen LogP contribution in [0.25, 0.3) is 33.7 Å². The topological polar surface area (TPSA) is 63.9 Å². The number of para-hydroxylation sites is 1. The maximum Gasteiger partial charge on any atom is 0.179 e. The van der Waals surface area contributed by atoms with Gasteiger partial charge < -0.3 is 0 Å². The number of rotatable bonds is 2. The van der Waals surface area contributed by atoms with Gasteiger partial charge in [-0.15, -0.1) is 0 Å². The summed E-state index contributed by atoms with van der Waals surface area (Å²) >= 11 is 0. The number of fused-ring (bicyclic) bond motifs is 2. The van der Waals surface area contributed by atoms with Gasteiger partial charge in [0.2, 0.25) is 0 Å². The van der Waals surface area contributed by atoms with Crippen molar-refractivity contribution in [2.75, 3.05) is 0 Å². The third kappa shape index (κ3) is 2.45. The Morgan fingerprint density at radius 1 is 0.923 bits per heavy atom. The molecule has 5 heteroatoms. The van der Waals surface area contributed by atoms with Gasteiger partial charge in [-0.1, -0.05) is 24.3 Å². The highest BCUT2D eigenvalue weighted by molar-refractivity contribution is 5.88. The molecule has 0 amide bonds. The zero-order chi connectivity index (χ0) is 17.5. The van der Waals surface area contributed by atoms with E-state index in [9.17, 15) is 0 Å². The van der Waals surface area contributed by atoms with Crippen molar-refractivity contribution in [3.63, 3.8) is 0 Å². The van der Waals surface area contributed by atoms with Gasteiger partial charge in [-0.25, -0.2) is 15.0 Å². The lowest BCUT2D eigenvalue weighted by molar-refractivity contribution is 1.07. The Bertz CT molecular complexity index is 1180. The van der Waals surface area contributed by atoms with Crippen LogP contribution in [0.15, 0.2) is 59.7 Å². The Morgan fingerprint density at radius 2 is 1.85 bits per heavy atom. The lowest BCUT2D eigenvalue weighted by Crippen LogP contribution is -1.99. The minimum absolute atomic E-state index is 0.626. The van der Waals surface area contributed by atoms with Gasteiger partial charge >= 0.3 is 0 Å². The predicted molar refractivity (Wildman–Crippen MR) is 103 cm³/mol. The minimum atomic E-state index is 0.626. The van der Waals surface area contributed by atoms with Crippen molar-refractivity contribution < 1.29 is 0 Å². The van der Waals surface area contributed by atoms with Gasteiger partial charge in [0.15, 0.2) is 5.82 Å². The fourth-order valence-electron chi connectivity index (χ4n) is 3.19. The highest BCUT2D eigenvalue weighted by Crippen LogP contribution is 2.35. The normalized spacial score (nSPS) is 12.5. The van der Waals surface area contributed by atoms with E-state index in [4.69, 9.17) is 9.97 Å². The molecule has 5 nitrogen and oxygen atoms in total. The van der Waals surface area contributed by atoms with Gasteiger partial charge in [-0.05, 0) is 31.2 Å². The summed E-state index contributed by atoms with van der Waals surface area (Å²) in [7, 11) is 0. The number of aromatic nitrogens is 4. The highest BCUT2D eigenvalue weighted by atomic mass is 15.0. The fraction of sp³-hybridized carbons (Fsp3) is 0.0952. The Hall–Kier alpha value is -3.47. The number of nitrogens with zero attached hydrogens (tertiary/aromatic N) is 5. The first kappa shape index (κ1) is 14.8. The Morgan fingerprint density at radius 3 is 2.77 bits per heavy atom. The Kier molecular flexibility index (Phi) is 3.31. The second kappa shape index (κ2) is 5.81. The van der Waals surface area contributed by atoms with Crippen molar-refractivity contribution in [2.24, 2.45) is 4.99 Å². The molecule has 1 aliphatic rings. The first-order valence-corrected chi connectivity index (χ1v) is 8.50. The first-order valence-electron chi connectivity index (χ1n) is 8.50. The summed E-state index contributed by atoms with van der Waals surface area (Å²) in [5.41, 5.74) is 6.19. The van der Waals surface area contributed by atoms with Crippen LogP contribution in [0.5, 0.6) is 0 Å². The molecule has 124 valence electrons. The number of hydrogen-bond acceptors (Lipinski definition) is 5. The molecule has 0 aliphatic carbocycles. The Balaban J connectivity index is 1.73. The summed E-state index contributed by atoms with van der Waals surface area (Å²) in [6, 6.07) is 16.0. The van der Waals surface area contributed by atoms with Crippen molar-refractivity contribution >= 4 is 22.8 Å². The monoisotopic (exact) mass is 337 g/mol. The standard InChI is InChI=1S/C21H15N5/c1-13-5-4-8-18(24-13)21-25-17-9-10-22-20(17)19(26-21)15-11-14-6-2-3-7-16(14)23-12-15/h2-8,10-12H,9H2,1H3. The molecule has 0 bridgehead atoms. The van der Waals surface area contributed by atoms with E-state index < -0.39 is 0 Å². The van der Waals surface area contributed by atoms with Crippen molar-refractivity contribution in [2.45, 2.75) is 13.3 Å². The molecule has 3 aromatic heterocycles. The Labute approximate surface area is 150 Å². The van der Waals surface area contributed by atoms with Gasteiger partial charge in [-0.3, -0.25) is 9.98 Å². The lowest BCUT2D eigenvalue weighted by atomic mass is 10.1. The highest BCUT2D eigenvalue weighted by Gasteiger charge is 2.19. The molecular weight excluding hydrogens is 322 g/mol. The number of hydrogen-bond donors (Lipinski definition) is 0. The fourth-order valence-corrected chi connectivity index (χ4v) is 3.19. The number of benzene rings is 1. The van der Waals surface area contributed by atoms with Crippen molar-refractivity contribution in [1.29, 1.82) is 0 Å². The van der Waals surface area contributed by atoms with Crippen LogP contribution in [-0.4, -0.2) is 26.2 Å². The molecule has 0 N–H and O–H groups in total. The van der Waals surface area contributed by atoms with E-state index in [0.717, 1.165) is 44.9 Å². The molecule has 0 fully saturated rings. The SMILES string of the molecule is Cc1cccc(-c2nc3c(c(-c4cnc5ccccc5c4)n2)N=CC3)n1. The molecule has 5 rings (SSSR count). The van der Waals surface area contributed by atoms with E-state index in [2.05, 4.69) is 27.1 Å². The summed E-state index contributed by atoms with van der Waals surface area (Å²) in [6.07, 6.45) is 4.45. The smallest absolute Gasteiger partial charge is 0.179 e. The van der Waals surface area contributed by atoms with Crippen LogP contribution < -0.4 is 0 Å². The average molecular weight is 337 g/mol. The van der Waals surface area contributed by atoms with E-state index in [1.54, 1.807) is 0 Å². The van der Waals surface area contributed by atoms with Crippen LogP contribution in [-0.2, 0) is 6.42 Å². The van der Waals surface area contributed by atoms with Gasteiger partial charge in [0, 0.05) is 35.5 Å². The summed E-state index contributed by atoms with van der Waals surface area (Å²) in [4.78, 5) is 23.2. The maximum atomic E-state index is 4.81. The third-order valence-corrected chi connectivity index (χ3v) is 4.44. The van der Waals surface area contributed by atoms with Crippen molar-refractivity contribution in [3.8, 4) is 22.8 Å². The molecule has 0 unspecified atom stereocenters. The first-order chi connectivity index (χ1) is 12.8. The molecule has 0 radical (unpaired) electrons. The van der Waals surface area contributed by atoms with Gasteiger partial charge in [0.1, 0.15) is 17.1 Å². The average Bonchev–Trinajstić information content (AvgIpc) is 3.15. The molecule has 1 aliphatic heterocycles. The third-order valence-electron chi connectivity index (χ3n) is 4.44. The van der Waals surface area contributed by atoms with Crippen LogP contribution in [0, 0.1) is 6.92 Å². The molecule has 0 saturated carbocycles. The maximum absolute atomic E-state index is 4.81. The van der Waals surface area contributed by atoms with E-state index in [1.807, 2.05) is 55.7 Å². The zero-order valence-electron chi connectivity index (χ0n) is 14.2.